The third-order valence-electron chi connectivity index (χ3n) is 7.66. The van der Waals surface area contributed by atoms with Gasteiger partial charge in [-0.25, -0.2) is 4.39 Å². The molecule has 1 saturated carbocycles. The molecule has 0 radical (unpaired) electrons. The average Bonchev–Trinajstić information content (AvgIpc) is 2.86. The van der Waals surface area contributed by atoms with Crippen molar-refractivity contribution >= 4 is 0 Å². The summed E-state index contributed by atoms with van der Waals surface area (Å²) in [7, 11) is 0. The van der Waals surface area contributed by atoms with Gasteiger partial charge in [0.1, 0.15) is 0 Å². The van der Waals surface area contributed by atoms with Gasteiger partial charge in [0.2, 0.25) is 5.82 Å². The van der Waals surface area contributed by atoms with E-state index in [0.717, 1.165) is 24.2 Å². The van der Waals surface area contributed by atoms with Crippen LogP contribution in [0.5, 0.6) is 5.75 Å². The fourth-order valence-corrected chi connectivity index (χ4v) is 5.70. The zero-order valence-electron chi connectivity index (χ0n) is 19.7. The lowest BCUT2D eigenvalue weighted by atomic mass is 9.70. The number of benzene rings is 2. The first-order chi connectivity index (χ1) is 16.1. The number of allylic oxidation sites excluding steroid dienone is 3. The molecule has 0 saturated heterocycles. The van der Waals surface area contributed by atoms with E-state index in [2.05, 4.69) is 30.9 Å². The first-order valence-corrected chi connectivity index (χ1v) is 12.6. The minimum Gasteiger partial charge on any atom is -0.491 e. The maximum atomic E-state index is 14.6. The normalized spacial score (nSPS) is 25.1. The van der Waals surface area contributed by atoms with Crippen molar-refractivity contribution < 1.29 is 13.5 Å². The van der Waals surface area contributed by atoms with Crippen molar-refractivity contribution in [3.63, 3.8) is 0 Å². The van der Waals surface area contributed by atoms with Crippen molar-refractivity contribution in [2.45, 2.75) is 64.2 Å². The van der Waals surface area contributed by atoms with Crippen LogP contribution < -0.4 is 4.74 Å². The third-order valence-corrected chi connectivity index (χ3v) is 7.66. The van der Waals surface area contributed by atoms with Crippen molar-refractivity contribution in [3.05, 3.63) is 78.4 Å². The van der Waals surface area contributed by atoms with Gasteiger partial charge in [0, 0.05) is 5.56 Å². The van der Waals surface area contributed by atoms with E-state index in [1.54, 1.807) is 13.0 Å². The summed E-state index contributed by atoms with van der Waals surface area (Å²) >= 11 is 0. The van der Waals surface area contributed by atoms with Crippen molar-refractivity contribution in [3.8, 4) is 16.9 Å². The van der Waals surface area contributed by atoms with E-state index in [4.69, 9.17) is 4.74 Å². The fraction of sp³-hybridized carbons (Fsp3) is 0.467. The highest BCUT2D eigenvalue weighted by atomic mass is 19.2. The molecular formula is C30H36F2O. The Kier molecular flexibility index (Phi) is 8.01. The first-order valence-electron chi connectivity index (χ1n) is 12.6. The molecule has 2 aromatic carbocycles. The van der Waals surface area contributed by atoms with E-state index in [1.807, 2.05) is 18.2 Å². The number of ether oxygens (including phenoxy) is 1. The molecule has 0 heterocycles. The highest BCUT2D eigenvalue weighted by molar-refractivity contribution is 5.65. The standard InChI is InChI=1S/C30H36F2O/c1-3-5-6-21-7-9-22(10-8-21)23-11-13-24(14-12-23)25-15-17-26(18-16-25)27-19-20-28(33-4-2)30(32)29(27)31/h3,7,9,15-24H,1,4-6,8,10-14H2,2H3. The molecule has 0 aromatic heterocycles. The maximum Gasteiger partial charge on any atom is 0.201 e. The van der Waals surface area contributed by atoms with Gasteiger partial charge in [-0.2, -0.15) is 4.39 Å². The molecule has 2 aliphatic rings. The summed E-state index contributed by atoms with van der Waals surface area (Å²) in [5.41, 5.74) is 2.29. The Bertz CT molecular complexity index is 954. The van der Waals surface area contributed by atoms with Crippen molar-refractivity contribution in [1.29, 1.82) is 0 Å². The fourth-order valence-electron chi connectivity index (χ4n) is 5.70. The Morgan fingerprint density at radius 1 is 0.909 bits per heavy atom. The molecule has 2 aliphatic carbocycles. The van der Waals surface area contributed by atoms with E-state index < -0.39 is 11.6 Å². The van der Waals surface area contributed by atoms with E-state index in [1.165, 1.54) is 56.6 Å². The maximum absolute atomic E-state index is 14.6. The SMILES string of the molecule is C=CCCC1C=CC(C2CCC(c3ccc(-c4ccc(OCC)c(F)c4F)cc3)CC2)CC1. The summed E-state index contributed by atoms with van der Waals surface area (Å²) in [4.78, 5) is 0. The Morgan fingerprint density at radius 3 is 2.30 bits per heavy atom. The topological polar surface area (TPSA) is 9.23 Å². The summed E-state index contributed by atoms with van der Waals surface area (Å²) in [5, 5.41) is 0. The van der Waals surface area contributed by atoms with Crippen molar-refractivity contribution in [2.24, 2.45) is 17.8 Å². The highest BCUT2D eigenvalue weighted by Gasteiger charge is 2.29. The number of hydrogen-bond acceptors (Lipinski definition) is 1. The molecule has 0 amide bonds. The predicted octanol–water partition coefficient (Wildman–Crippen LogP) is 8.85. The predicted molar refractivity (Wildman–Crippen MR) is 132 cm³/mol. The zero-order valence-corrected chi connectivity index (χ0v) is 19.7. The summed E-state index contributed by atoms with van der Waals surface area (Å²) in [6, 6.07) is 11.1. The Morgan fingerprint density at radius 2 is 1.67 bits per heavy atom. The lowest BCUT2D eigenvalue weighted by molar-refractivity contribution is 0.239. The first kappa shape index (κ1) is 23.7. The minimum atomic E-state index is -0.916. The molecule has 2 atom stereocenters. The lowest BCUT2D eigenvalue weighted by Gasteiger charge is -2.35. The third kappa shape index (κ3) is 5.57. The molecule has 1 fully saturated rings. The molecule has 33 heavy (non-hydrogen) atoms. The van der Waals surface area contributed by atoms with Crippen LogP contribution in [0.2, 0.25) is 0 Å². The molecule has 4 rings (SSSR count). The molecule has 0 N–H and O–H groups in total. The average molecular weight is 451 g/mol. The van der Waals surface area contributed by atoms with Crippen LogP contribution in [0.3, 0.4) is 0 Å². The van der Waals surface area contributed by atoms with Gasteiger partial charge in [-0.15, -0.1) is 6.58 Å². The largest absolute Gasteiger partial charge is 0.491 e. The van der Waals surface area contributed by atoms with Crippen LogP contribution in [0.15, 0.2) is 61.2 Å². The second-order valence-corrected chi connectivity index (χ2v) is 9.66. The molecule has 0 spiro atoms. The van der Waals surface area contributed by atoms with Gasteiger partial charge in [-0.3, -0.25) is 0 Å². The van der Waals surface area contributed by atoms with E-state index in [9.17, 15) is 8.78 Å². The molecule has 3 heteroatoms. The summed E-state index contributed by atoms with van der Waals surface area (Å²) in [6.45, 7) is 5.90. The monoisotopic (exact) mass is 450 g/mol. The quantitative estimate of drug-likeness (QED) is 0.365. The van der Waals surface area contributed by atoms with Gasteiger partial charge in [0.15, 0.2) is 11.6 Å². The van der Waals surface area contributed by atoms with Gasteiger partial charge >= 0.3 is 0 Å². The van der Waals surface area contributed by atoms with E-state index in [0.29, 0.717) is 18.1 Å². The number of rotatable bonds is 8. The van der Waals surface area contributed by atoms with Crippen LogP contribution >= 0.6 is 0 Å². The summed E-state index contributed by atoms with van der Waals surface area (Å²) < 4.78 is 34.0. The number of hydrogen-bond donors (Lipinski definition) is 0. The smallest absolute Gasteiger partial charge is 0.201 e. The molecule has 0 bridgehead atoms. The van der Waals surface area contributed by atoms with Gasteiger partial charge < -0.3 is 4.74 Å². The van der Waals surface area contributed by atoms with Crippen molar-refractivity contribution in [2.75, 3.05) is 6.61 Å². The van der Waals surface area contributed by atoms with E-state index >= 15 is 0 Å². The van der Waals surface area contributed by atoms with Gasteiger partial charge in [-0.1, -0.05) is 42.5 Å². The molecule has 0 aliphatic heterocycles. The second kappa shape index (κ2) is 11.1. The van der Waals surface area contributed by atoms with Gasteiger partial charge in [0.05, 0.1) is 6.61 Å². The second-order valence-electron chi connectivity index (χ2n) is 9.66. The van der Waals surface area contributed by atoms with Crippen molar-refractivity contribution in [1.82, 2.24) is 0 Å². The lowest BCUT2D eigenvalue weighted by Crippen LogP contribution is -2.22. The van der Waals surface area contributed by atoms with Crippen LogP contribution in [-0.2, 0) is 0 Å². The number of halogens is 2. The van der Waals surface area contributed by atoms with Crippen LogP contribution in [0.4, 0.5) is 8.78 Å². The van der Waals surface area contributed by atoms with Gasteiger partial charge in [-0.05, 0) is 105 Å². The molecular weight excluding hydrogens is 414 g/mol. The summed E-state index contributed by atoms with van der Waals surface area (Å²) in [6.07, 6.45) is 17.0. The van der Waals surface area contributed by atoms with E-state index in [-0.39, 0.29) is 11.3 Å². The van der Waals surface area contributed by atoms with Crippen LogP contribution in [0, 0.1) is 29.4 Å². The Labute approximate surface area is 197 Å². The van der Waals surface area contributed by atoms with Gasteiger partial charge in [0.25, 0.3) is 0 Å². The minimum absolute atomic E-state index is 0.0350. The van der Waals surface area contributed by atoms with Crippen LogP contribution in [-0.4, -0.2) is 6.61 Å². The molecule has 2 unspecified atom stereocenters. The highest BCUT2D eigenvalue weighted by Crippen LogP contribution is 2.42. The Balaban J connectivity index is 1.35. The molecule has 176 valence electrons. The Hall–Kier alpha value is -2.42. The summed E-state index contributed by atoms with van der Waals surface area (Å²) in [5.74, 6) is 1.05. The molecule has 2 aromatic rings. The van der Waals surface area contributed by atoms with Crippen LogP contribution in [0.25, 0.3) is 11.1 Å². The zero-order chi connectivity index (χ0) is 23.2. The molecule has 1 nitrogen and oxygen atoms in total. The van der Waals surface area contributed by atoms with Crippen LogP contribution in [0.1, 0.15) is 69.8 Å².